The van der Waals surface area contributed by atoms with E-state index in [1.54, 1.807) is 35.8 Å². The second-order valence-corrected chi connectivity index (χ2v) is 11.7. The van der Waals surface area contributed by atoms with E-state index in [1.807, 2.05) is 11.9 Å². The van der Waals surface area contributed by atoms with Gasteiger partial charge in [0.25, 0.3) is 11.5 Å². The Hall–Kier alpha value is -3.71. The average molecular weight is 677 g/mol. The Bertz CT molecular complexity index is 1740. The second-order valence-electron chi connectivity index (χ2n) is 11.7. The lowest BCUT2D eigenvalue weighted by Gasteiger charge is -2.31. The van der Waals surface area contributed by atoms with Crippen molar-refractivity contribution < 1.29 is 29.0 Å². The zero-order valence-corrected chi connectivity index (χ0v) is 27.7. The first-order valence-corrected chi connectivity index (χ1v) is 15.2. The maximum absolute atomic E-state index is 13.6. The molecule has 12 nitrogen and oxygen atoms in total. The molecule has 2 aromatic heterocycles. The Labute approximate surface area is 278 Å². The largest absolute Gasteiger partial charge is 0.458 e. The Morgan fingerprint density at radius 1 is 1.09 bits per heavy atom. The van der Waals surface area contributed by atoms with Crippen molar-refractivity contribution in [3.05, 3.63) is 56.9 Å². The number of cyclic esters (lactones) is 1. The summed E-state index contributed by atoms with van der Waals surface area (Å²) in [6.45, 7) is 5.22. The van der Waals surface area contributed by atoms with Crippen molar-refractivity contribution in [2.24, 2.45) is 0 Å². The van der Waals surface area contributed by atoms with Crippen LogP contribution in [0.15, 0.2) is 29.1 Å². The number of carbonyl (C=O) groups excluding carboxylic acids is 3. The van der Waals surface area contributed by atoms with Gasteiger partial charge in [-0.1, -0.05) is 26.7 Å². The fourth-order valence-corrected chi connectivity index (χ4v) is 6.46. The van der Waals surface area contributed by atoms with Crippen LogP contribution < -0.4 is 15.7 Å². The Balaban J connectivity index is 0.00000240. The molecule has 1 atom stereocenters. The summed E-state index contributed by atoms with van der Waals surface area (Å²) in [7, 11) is 1.52. The zero-order chi connectivity index (χ0) is 31.2. The van der Waals surface area contributed by atoms with Crippen LogP contribution in [-0.4, -0.2) is 69.2 Å². The number of nitrogens with one attached hydrogen (secondary N) is 1. The van der Waals surface area contributed by atoms with E-state index in [1.165, 1.54) is 11.9 Å². The first kappa shape index (κ1) is 35.1. The molecular formula is C32H39Cl2N5O7. The van der Waals surface area contributed by atoms with E-state index >= 15 is 0 Å². The van der Waals surface area contributed by atoms with Gasteiger partial charge in [-0.05, 0) is 55.5 Å². The van der Waals surface area contributed by atoms with E-state index in [-0.39, 0.29) is 73.5 Å². The van der Waals surface area contributed by atoms with Crippen LogP contribution in [-0.2, 0) is 39.5 Å². The van der Waals surface area contributed by atoms with Crippen LogP contribution in [0.3, 0.4) is 0 Å². The summed E-state index contributed by atoms with van der Waals surface area (Å²) in [4.78, 5) is 57.6. The molecule has 3 aliphatic rings. The average Bonchev–Trinajstić information content (AvgIpc) is 3.17. The van der Waals surface area contributed by atoms with Crippen molar-refractivity contribution in [3.63, 3.8) is 0 Å². The number of aryl methyl sites for hydroxylation is 1. The van der Waals surface area contributed by atoms with Gasteiger partial charge in [0.1, 0.15) is 18.9 Å². The molecular weight excluding hydrogens is 637 g/mol. The Kier molecular flexibility index (Phi) is 10.7. The highest BCUT2D eigenvalue weighted by Crippen LogP contribution is 2.40. The van der Waals surface area contributed by atoms with Gasteiger partial charge in [-0.2, -0.15) is 0 Å². The molecule has 1 aromatic carbocycles. The number of pyridine rings is 2. The molecule has 3 aromatic rings. The second kappa shape index (κ2) is 14.0. The van der Waals surface area contributed by atoms with E-state index in [9.17, 15) is 24.3 Å². The molecule has 3 aliphatic heterocycles. The summed E-state index contributed by atoms with van der Waals surface area (Å²) >= 11 is 0. The number of aliphatic hydroxyl groups is 1. The molecule has 248 valence electrons. The summed E-state index contributed by atoms with van der Waals surface area (Å²) in [5, 5.41) is 13.8. The first-order chi connectivity index (χ1) is 21.1. The van der Waals surface area contributed by atoms with Crippen LogP contribution in [0.2, 0.25) is 0 Å². The minimum absolute atomic E-state index is 0. The number of esters is 1. The Morgan fingerprint density at radius 2 is 1.80 bits per heavy atom. The Morgan fingerprint density at radius 3 is 2.48 bits per heavy atom. The van der Waals surface area contributed by atoms with Gasteiger partial charge in [-0.25, -0.2) is 19.6 Å². The molecule has 1 saturated heterocycles. The summed E-state index contributed by atoms with van der Waals surface area (Å²) < 4.78 is 12.4. The monoisotopic (exact) mass is 675 g/mol. The van der Waals surface area contributed by atoms with Gasteiger partial charge >= 0.3 is 12.1 Å². The van der Waals surface area contributed by atoms with Crippen molar-refractivity contribution >= 4 is 53.7 Å². The van der Waals surface area contributed by atoms with E-state index in [2.05, 4.69) is 5.43 Å². The number of nitrogens with zero attached hydrogens (tertiary/aromatic N) is 4. The third-order valence-electron chi connectivity index (χ3n) is 8.92. The maximum Gasteiger partial charge on any atom is 0.415 e. The fraction of sp³-hybridized carbons (Fsp3) is 0.469. The van der Waals surface area contributed by atoms with E-state index in [0.29, 0.717) is 29.1 Å². The predicted molar refractivity (Wildman–Crippen MR) is 175 cm³/mol. The van der Waals surface area contributed by atoms with Gasteiger partial charge in [0, 0.05) is 36.7 Å². The zero-order valence-electron chi connectivity index (χ0n) is 26.1. The summed E-state index contributed by atoms with van der Waals surface area (Å²) in [5.41, 5.74) is 4.83. The lowest BCUT2D eigenvalue weighted by molar-refractivity contribution is -0.172. The van der Waals surface area contributed by atoms with E-state index in [4.69, 9.17) is 14.5 Å². The van der Waals surface area contributed by atoms with Crippen LogP contribution in [0.1, 0.15) is 68.2 Å². The van der Waals surface area contributed by atoms with Crippen molar-refractivity contribution in [2.75, 3.05) is 26.7 Å². The summed E-state index contributed by atoms with van der Waals surface area (Å²) in [6.07, 6.45) is 4.39. The highest BCUT2D eigenvalue weighted by molar-refractivity contribution is 5.90. The molecule has 1 fully saturated rings. The number of hydrazine groups is 1. The van der Waals surface area contributed by atoms with Gasteiger partial charge in [0.15, 0.2) is 5.60 Å². The molecule has 6 rings (SSSR count). The third kappa shape index (κ3) is 6.18. The van der Waals surface area contributed by atoms with Gasteiger partial charge in [0.2, 0.25) is 0 Å². The molecule has 2 amide bonds. The number of amides is 2. The van der Waals surface area contributed by atoms with Crippen molar-refractivity contribution in [1.29, 1.82) is 0 Å². The van der Waals surface area contributed by atoms with Crippen LogP contribution in [0.4, 0.5) is 4.79 Å². The minimum Gasteiger partial charge on any atom is -0.458 e. The molecule has 0 spiro atoms. The molecule has 0 radical (unpaired) electrons. The maximum atomic E-state index is 13.6. The molecule has 46 heavy (non-hydrogen) atoms. The van der Waals surface area contributed by atoms with Crippen molar-refractivity contribution in [1.82, 2.24) is 24.9 Å². The lowest BCUT2D eigenvalue weighted by atomic mass is 9.86. The number of rotatable bonds is 6. The number of hydrogen-bond donors (Lipinski definition) is 2. The van der Waals surface area contributed by atoms with E-state index in [0.717, 1.165) is 55.3 Å². The van der Waals surface area contributed by atoms with Gasteiger partial charge in [0.05, 0.1) is 29.0 Å². The molecule has 0 saturated carbocycles. The van der Waals surface area contributed by atoms with Crippen molar-refractivity contribution in [3.8, 4) is 17.1 Å². The molecule has 0 aliphatic carbocycles. The van der Waals surface area contributed by atoms with Gasteiger partial charge in [-0.3, -0.25) is 15.0 Å². The number of carbonyl (C=O) groups is 3. The van der Waals surface area contributed by atoms with Crippen LogP contribution in [0.25, 0.3) is 22.3 Å². The molecule has 5 heterocycles. The van der Waals surface area contributed by atoms with E-state index < -0.39 is 17.7 Å². The number of hydrogen-bond acceptors (Lipinski definition) is 9. The number of ether oxygens (including phenoxy) is 2. The topological polar surface area (TPSA) is 143 Å². The number of fused-ring (bicyclic) bond motifs is 5. The van der Waals surface area contributed by atoms with Gasteiger partial charge in [-0.15, -0.1) is 24.8 Å². The number of benzene rings is 1. The quantitative estimate of drug-likeness (QED) is 0.292. The first-order valence-electron chi connectivity index (χ1n) is 15.2. The smallest absolute Gasteiger partial charge is 0.415 e. The van der Waals surface area contributed by atoms with Crippen LogP contribution in [0, 0.1) is 0 Å². The number of halogens is 2. The predicted octanol–water partition coefficient (Wildman–Crippen LogP) is 3.82. The highest BCUT2D eigenvalue weighted by atomic mass is 35.5. The highest BCUT2D eigenvalue weighted by Gasteiger charge is 2.45. The third-order valence-corrected chi connectivity index (χ3v) is 8.92. The number of likely N-dealkylation sites (N-methyl/N-ethyl adjacent to an activating group) is 1. The van der Waals surface area contributed by atoms with Crippen LogP contribution in [0.5, 0.6) is 5.75 Å². The lowest BCUT2D eigenvalue weighted by Crippen LogP contribution is -2.47. The number of aromatic nitrogens is 2. The normalized spacial score (nSPS) is 18.6. The summed E-state index contributed by atoms with van der Waals surface area (Å²) in [5.74, 6) is -0.727. The minimum atomic E-state index is -1.89. The van der Waals surface area contributed by atoms with Crippen molar-refractivity contribution in [2.45, 2.75) is 71.1 Å². The molecule has 2 N–H and O–H groups in total. The van der Waals surface area contributed by atoms with Crippen LogP contribution >= 0.6 is 24.8 Å². The standard InChI is InChI=1S/C32H37N5O7.2ClH/c1-4-20-21-14-19(44-31(41)35(3)17-27(38)34-36-12-8-6-7-9-13-36)10-11-25(21)33-28-22(20)16-37-26(28)15-24-23(29(37)39)18-43-30(40)32(24,42)5-2;;/h10-11,14-15,42H,4-9,12-13,16-18H2,1-3H3,(H,34,38);2*1H/t32-;;/m0../s1. The molecule has 0 bridgehead atoms. The van der Waals surface area contributed by atoms with Gasteiger partial charge < -0.3 is 24.0 Å². The fourth-order valence-electron chi connectivity index (χ4n) is 6.46. The SMILES string of the molecule is CCc1c2c(nc3ccc(OC(=O)N(C)CC(=O)NN4CCCCCC4)cc13)-c1cc3c(c(=O)n1C2)COC(=O)[C@]3(O)CC.Cl.Cl. The summed E-state index contributed by atoms with van der Waals surface area (Å²) in [6, 6.07) is 6.84. The molecule has 14 heteroatoms. The molecule has 0 unspecified atom stereocenters.